The van der Waals surface area contributed by atoms with Crippen LogP contribution in [-0.2, 0) is 6.54 Å². The highest BCUT2D eigenvalue weighted by Crippen LogP contribution is 2.36. The molecule has 0 saturated carbocycles. The fourth-order valence-electron chi connectivity index (χ4n) is 2.76. The van der Waals surface area contributed by atoms with Gasteiger partial charge in [0.25, 0.3) is 0 Å². The number of ketones is 1. The van der Waals surface area contributed by atoms with Gasteiger partial charge in [-0.1, -0.05) is 12.2 Å². The molecule has 114 valence electrons. The normalized spacial score (nSPS) is 13.2. The van der Waals surface area contributed by atoms with E-state index in [2.05, 4.69) is 17.3 Å². The van der Waals surface area contributed by atoms with Gasteiger partial charge in [0.05, 0.1) is 6.20 Å². The lowest BCUT2D eigenvalue weighted by molar-refractivity contribution is 0.103. The summed E-state index contributed by atoms with van der Waals surface area (Å²) in [6, 6.07) is 1.92. The van der Waals surface area contributed by atoms with E-state index in [1.807, 2.05) is 26.8 Å². The Kier molecular flexibility index (Phi) is 3.83. The van der Waals surface area contributed by atoms with Crippen LogP contribution in [0.15, 0.2) is 23.2 Å². The Hall–Kier alpha value is -2.01. The number of carbonyl (C=O) groups is 1. The molecule has 4 nitrogen and oxygen atoms in total. The zero-order valence-corrected chi connectivity index (χ0v) is 13.7. The van der Waals surface area contributed by atoms with Crippen molar-refractivity contribution in [2.24, 2.45) is 0 Å². The molecule has 22 heavy (non-hydrogen) atoms. The number of aryl methyl sites for hydroxylation is 2. The third-order valence-corrected chi connectivity index (χ3v) is 5.17. The van der Waals surface area contributed by atoms with Crippen molar-refractivity contribution >= 4 is 23.6 Å². The Morgan fingerprint density at radius 1 is 1.41 bits per heavy atom. The molecule has 0 amide bonds. The SMILES string of the molecule is CCn1ncc(C(=O)c2cc(C)c3c(c2C)C=CCS3)c1O. The maximum absolute atomic E-state index is 12.8. The first-order chi connectivity index (χ1) is 10.5. The lowest BCUT2D eigenvalue weighted by Crippen LogP contribution is -2.08. The van der Waals surface area contributed by atoms with Crippen LogP contribution in [0.25, 0.3) is 6.08 Å². The summed E-state index contributed by atoms with van der Waals surface area (Å²) in [5.41, 5.74) is 4.06. The number of rotatable bonds is 3. The molecule has 0 aliphatic carbocycles. The highest BCUT2D eigenvalue weighted by atomic mass is 32.2. The topological polar surface area (TPSA) is 55.1 Å². The molecule has 1 N–H and O–H groups in total. The molecule has 2 aromatic rings. The number of benzene rings is 1. The van der Waals surface area contributed by atoms with Gasteiger partial charge in [-0.05, 0) is 43.5 Å². The Morgan fingerprint density at radius 3 is 2.86 bits per heavy atom. The van der Waals surface area contributed by atoms with Gasteiger partial charge < -0.3 is 5.11 Å². The van der Waals surface area contributed by atoms with E-state index in [1.165, 1.54) is 15.8 Å². The average molecular weight is 314 g/mol. The molecule has 0 radical (unpaired) electrons. The standard InChI is InChI=1S/C17H18N2O2S/c1-4-19-17(21)14(9-18-19)15(20)13-8-10(2)16-12(11(13)3)6-5-7-22-16/h5-6,8-9,21H,4,7H2,1-3H3. The molecule has 5 heteroatoms. The van der Waals surface area contributed by atoms with Gasteiger partial charge in [0.15, 0.2) is 5.78 Å². The van der Waals surface area contributed by atoms with Crippen LogP contribution >= 0.6 is 11.8 Å². The monoisotopic (exact) mass is 314 g/mol. The summed E-state index contributed by atoms with van der Waals surface area (Å²) < 4.78 is 1.42. The van der Waals surface area contributed by atoms with Gasteiger partial charge in [-0.2, -0.15) is 5.10 Å². The number of hydrogen-bond acceptors (Lipinski definition) is 4. The summed E-state index contributed by atoms with van der Waals surface area (Å²) in [4.78, 5) is 14.1. The van der Waals surface area contributed by atoms with Gasteiger partial charge in [0, 0.05) is 22.8 Å². The van der Waals surface area contributed by atoms with Crippen molar-refractivity contribution in [1.29, 1.82) is 0 Å². The van der Waals surface area contributed by atoms with Crippen LogP contribution in [0.4, 0.5) is 0 Å². The van der Waals surface area contributed by atoms with Crippen molar-refractivity contribution in [3.63, 3.8) is 0 Å². The fourth-order valence-corrected chi connectivity index (χ4v) is 3.78. The van der Waals surface area contributed by atoms with E-state index in [1.54, 1.807) is 11.8 Å². The van der Waals surface area contributed by atoms with Gasteiger partial charge >= 0.3 is 0 Å². The zero-order chi connectivity index (χ0) is 15.9. The van der Waals surface area contributed by atoms with Gasteiger partial charge in [-0.3, -0.25) is 4.79 Å². The van der Waals surface area contributed by atoms with E-state index >= 15 is 0 Å². The van der Waals surface area contributed by atoms with Gasteiger partial charge in [0.1, 0.15) is 5.56 Å². The molecule has 1 aliphatic rings. The van der Waals surface area contributed by atoms with Crippen molar-refractivity contribution in [1.82, 2.24) is 9.78 Å². The van der Waals surface area contributed by atoms with E-state index in [4.69, 9.17) is 0 Å². The van der Waals surface area contributed by atoms with Crippen LogP contribution in [0.5, 0.6) is 5.88 Å². The Morgan fingerprint density at radius 2 is 2.18 bits per heavy atom. The fraction of sp³-hybridized carbons (Fsp3) is 0.294. The second-order valence-corrected chi connectivity index (χ2v) is 6.38. The highest BCUT2D eigenvalue weighted by molar-refractivity contribution is 7.99. The summed E-state index contributed by atoms with van der Waals surface area (Å²) in [5.74, 6) is 0.724. The predicted molar refractivity (Wildman–Crippen MR) is 88.7 cm³/mol. The number of hydrogen-bond donors (Lipinski definition) is 1. The summed E-state index contributed by atoms with van der Waals surface area (Å²) in [6.45, 7) is 6.39. The minimum Gasteiger partial charge on any atom is -0.493 e. The van der Waals surface area contributed by atoms with Crippen LogP contribution in [0.2, 0.25) is 0 Å². The molecule has 0 saturated heterocycles. The quantitative estimate of drug-likeness (QED) is 0.880. The van der Waals surface area contributed by atoms with E-state index in [-0.39, 0.29) is 17.2 Å². The Labute approximate surface area is 133 Å². The van der Waals surface area contributed by atoms with Crippen molar-refractivity contribution in [2.75, 3.05) is 5.75 Å². The van der Waals surface area contributed by atoms with Gasteiger partial charge in [-0.15, -0.1) is 11.8 Å². The van der Waals surface area contributed by atoms with E-state index in [0.29, 0.717) is 12.1 Å². The molecule has 1 aliphatic heterocycles. The number of thioether (sulfide) groups is 1. The molecule has 3 rings (SSSR count). The number of aromatic hydroxyl groups is 1. The molecular formula is C17H18N2O2S. The summed E-state index contributed by atoms with van der Waals surface area (Å²) >= 11 is 1.79. The third-order valence-electron chi connectivity index (χ3n) is 3.98. The molecule has 0 fully saturated rings. The maximum atomic E-state index is 12.8. The minimum absolute atomic E-state index is 0.0628. The van der Waals surface area contributed by atoms with E-state index in [0.717, 1.165) is 22.4 Å². The number of aromatic nitrogens is 2. The van der Waals surface area contributed by atoms with Crippen molar-refractivity contribution in [3.05, 3.63) is 46.2 Å². The predicted octanol–water partition coefficient (Wildman–Crippen LogP) is 3.58. The Bertz CT molecular complexity index is 790. The minimum atomic E-state index is -0.176. The molecule has 1 aromatic heterocycles. The number of carbonyl (C=O) groups excluding carboxylic acids is 1. The highest BCUT2D eigenvalue weighted by Gasteiger charge is 2.23. The molecule has 2 heterocycles. The number of fused-ring (bicyclic) bond motifs is 1. The van der Waals surface area contributed by atoms with Crippen molar-refractivity contribution in [2.45, 2.75) is 32.2 Å². The smallest absolute Gasteiger partial charge is 0.220 e. The van der Waals surface area contributed by atoms with Crippen molar-refractivity contribution in [3.8, 4) is 5.88 Å². The first-order valence-electron chi connectivity index (χ1n) is 7.27. The second kappa shape index (κ2) is 5.65. The first-order valence-corrected chi connectivity index (χ1v) is 8.26. The molecule has 0 unspecified atom stereocenters. The summed E-state index contributed by atoms with van der Waals surface area (Å²) in [6.07, 6.45) is 5.64. The number of nitrogens with zero attached hydrogens (tertiary/aromatic N) is 2. The summed E-state index contributed by atoms with van der Waals surface area (Å²) in [5, 5.41) is 14.2. The van der Waals surface area contributed by atoms with Crippen LogP contribution in [0, 0.1) is 13.8 Å². The van der Waals surface area contributed by atoms with Crippen LogP contribution < -0.4 is 0 Å². The summed E-state index contributed by atoms with van der Waals surface area (Å²) in [7, 11) is 0. The first kappa shape index (κ1) is 14.9. The third kappa shape index (κ3) is 2.25. The van der Waals surface area contributed by atoms with Gasteiger partial charge in [0.2, 0.25) is 5.88 Å². The van der Waals surface area contributed by atoms with E-state index in [9.17, 15) is 9.90 Å². The molecule has 0 atom stereocenters. The maximum Gasteiger partial charge on any atom is 0.220 e. The zero-order valence-electron chi connectivity index (χ0n) is 12.9. The lowest BCUT2D eigenvalue weighted by Gasteiger charge is -2.18. The molecule has 1 aromatic carbocycles. The lowest BCUT2D eigenvalue weighted by atomic mass is 9.93. The van der Waals surface area contributed by atoms with Crippen molar-refractivity contribution < 1.29 is 9.90 Å². The van der Waals surface area contributed by atoms with Crippen LogP contribution in [0.3, 0.4) is 0 Å². The molecule has 0 bridgehead atoms. The molecule has 0 spiro atoms. The van der Waals surface area contributed by atoms with Crippen LogP contribution in [-0.4, -0.2) is 26.4 Å². The largest absolute Gasteiger partial charge is 0.493 e. The average Bonchev–Trinajstić information content (AvgIpc) is 2.91. The second-order valence-electron chi connectivity index (χ2n) is 5.35. The Balaban J connectivity index is 2.13. The van der Waals surface area contributed by atoms with Crippen LogP contribution in [0.1, 0.15) is 39.5 Å². The van der Waals surface area contributed by atoms with Gasteiger partial charge in [-0.25, -0.2) is 4.68 Å². The molecular weight excluding hydrogens is 296 g/mol. The van der Waals surface area contributed by atoms with E-state index < -0.39 is 0 Å².